The molecule has 194 valence electrons. The fourth-order valence-corrected chi connectivity index (χ4v) is 5.24. The van der Waals surface area contributed by atoms with Crippen LogP contribution in [-0.4, -0.2) is 30.0 Å². The van der Waals surface area contributed by atoms with E-state index in [1.807, 2.05) is 6.92 Å². The molecule has 1 N–H and O–H groups in total. The molecule has 1 fully saturated rings. The van der Waals surface area contributed by atoms with Gasteiger partial charge in [0.25, 0.3) is 11.7 Å². The van der Waals surface area contributed by atoms with E-state index >= 15 is 0 Å². The van der Waals surface area contributed by atoms with E-state index in [4.69, 9.17) is 9.47 Å². The van der Waals surface area contributed by atoms with E-state index in [-0.39, 0.29) is 29.2 Å². The molecule has 0 spiro atoms. The number of anilines is 1. The van der Waals surface area contributed by atoms with Crippen LogP contribution in [0.4, 0.5) is 18.9 Å². The average Bonchev–Trinajstić information content (AvgIpc) is 3.39. The summed E-state index contributed by atoms with van der Waals surface area (Å²) in [6.07, 6.45) is -4.65. The van der Waals surface area contributed by atoms with E-state index in [9.17, 15) is 27.9 Å². The number of alkyl halides is 3. The highest BCUT2D eigenvalue weighted by Gasteiger charge is 2.48. The number of amides is 1. The van der Waals surface area contributed by atoms with E-state index < -0.39 is 35.2 Å². The van der Waals surface area contributed by atoms with Crippen molar-refractivity contribution < 1.29 is 37.3 Å². The van der Waals surface area contributed by atoms with Gasteiger partial charge in [0.2, 0.25) is 0 Å². The lowest BCUT2D eigenvalue weighted by Crippen LogP contribution is -2.29. The molecule has 1 unspecified atom stereocenters. The second-order valence-corrected chi connectivity index (χ2v) is 9.16. The number of aryl methyl sites for hydroxylation is 1. The zero-order chi connectivity index (χ0) is 26.9. The van der Waals surface area contributed by atoms with E-state index in [1.54, 1.807) is 37.4 Å². The Kier molecular flexibility index (Phi) is 7.31. The quantitative estimate of drug-likeness (QED) is 0.214. The Morgan fingerprint density at radius 2 is 1.78 bits per heavy atom. The predicted molar refractivity (Wildman–Crippen MR) is 134 cm³/mol. The van der Waals surface area contributed by atoms with Gasteiger partial charge in [-0.05, 0) is 68.1 Å². The summed E-state index contributed by atoms with van der Waals surface area (Å²) < 4.78 is 51.5. The minimum absolute atomic E-state index is 0.106. The number of hydrogen-bond acceptors (Lipinski definition) is 6. The Bertz CT molecular complexity index is 1380. The molecule has 0 aliphatic carbocycles. The van der Waals surface area contributed by atoms with Crippen molar-refractivity contribution in [1.29, 1.82) is 0 Å². The van der Waals surface area contributed by atoms with Crippen molar-refractivity contribution in [3.05, 3.63) is 81.1 Å². The Morgan fingerprint density at radius 1 is 1.05 bits per heavy atom. The Morgan fingerprint density at radius 3 is 2.41 bits per heavy atom. The van der Waals surface area contributed by atoms with E-state index in [2.05, 4.69) is 0 Å². The van der Waals surface area contributed by atoms with E-state index in [0.717, 1.165) is 22.6 Å². The summed E-state index contributed by atoms with van der Waals surface area (Å²) in [6, 6.07) is 9.53. The number of carbonyl (C=O) groups is 2. The largest absolute Gasteiger partial charge is 0.507 e. The molecule has 0 bridgehead atoms. The summed E-state index contributed by atoms with van der Waals surface area (Å²) in [5.41, 5.74) is -0.426. The molecular weight excluding hydrogens is 507 g/mol. The molecule has 6 nitrogen and oxygen atoms in total. The number of ether oxygens (including phenoxy) is 2. The van der Waals surface area contributed by atoms with Gasteiger partial charge in [0, 0.05) is 16.6 Å². The SMILES string of the molecule is CCOc1ccc(/C(O)=C2\C(=O)C(=O)N(c3cccc(C(F)(F)F)c3)C2c2sccc2C)c(OCC)c1. The first-order valence-corrected chi connectivity index (χ1v) is 12.4. The van der Waals surface area contributed by atoms with Crippen LogP contribution >= 0.6 is 11.3 Å². The maximum atomic E-state index is 13.5. The van der Waals surface area contributed by atoms with E-state index in [1.165, 1.54) is 29.5 Å². The molecule has 10 heteroatoms. The molecule has 3 aromatic rings. The molecule has 4 rings (SSSR count). The predicted octanol–water partition coefficient (Wildman–Crippen LogP) is 6.50. The van der Waals surface area contributed by atoms with Crippen LogP contribution in [-0.2, 0) is 15.8 Å². The highest BCUT2D eigenvalue weighted by molar-refractivity contribution is 7.10. The van der Waals surface area contributed by atoms with Gasteiger partial charge in [-0.1, -0.05) is 6.07 Å². The van der Waals surface area contributed by atoms with Crippen LogP contribution in [0.5, 0.6) is 11.5 Å². The molecular formula is C27H24F3NO5S. The molecule has 0 saturated carbocycles. The van der Waals surface area contributed by atoms with Gasteiger partial charge < -0.3 is 14.6 Å². The van der Waals surface area contributed by atoms with Crippen molar-refractivity contribution in [1.82, 2.24) is 0 Å². The van der Waals surface area contributed by atoms with Gasteiger partial charge in [-0.25, -0.2) is 0 Å². The minimum atomic E-state index is -4.65. The molecule has 1 aromatic heterocycles. The van der Waals surface area contributed by atoms with Crippen LogP contribution in [0, 0.1) is 6.92 Å². The molecule has 1 aliphatic heterocycles. The second kappa shape index (κ2) is 10.3. The van der Waals surface area contributed by atoms with Gasteiger partial charge in [0.15, 0.2) is 0 Å². The lowest BCUT2D eigenvalue weighted by Gasteiger charge is -2.25. The molecule has 1 amide bonds. The van der Waals surface area contributed by atoms with Gasteiger partial charge in [0.1, 0.15) is 23.3 Å². The molecule has 1 atom stereocenters. The fraction of sp³-hybridized carbons (Fsp3) is 0.259. The number of hydrogen-bond donors (Lipinski definition) is 1. The number of thiophene rings is 1. The van der Waals surface area contributed by atoms with Crippen LogP contribution in [0.25, 0.3) is 5.76 Å². The van der Waals surface area contributed by atoms with Crippen molar-refractivity contribution >= 4 is 34.5 Å². The van der Waals surface area contributed by atoms with Gasteiger partial charge in [-0.2, -0.15) is 13.2 Å². The molecule has 1 aliphatic rings. The number of aliphatic hydroxyl groups excluding tert-OH is 1. The number of rotatable bonds is 7. The number of benzene rings is 2. The Labute approximate surface area is 215 Å². The van der Waals surface area contributed by atoms with Crippen molar-refractivity contribution in [2.75, 3.05) is 18.1 Å². The number of carbonyl (C=O) groups excluding carboxylic acids is 2. The molecule has 37 heavy (non-hydrogen) atoms. The summed E-state index contributed by atoms with van der Waals surface area (Å²) in [7, 11) is 0. The first-order chi connectivity index (χ1) is 17.6. The van der Waals surface area contributed by atoms with Gasteiger partial charge in [-0.3, -0.25) is 14.5 Å². The lowest BCUT2D eigenvalue weighted by atomic mass is 9.97. The highest BCUT2D eigenvalue weighted by atomic mass is 32.1. The number of ketones is 1. The third-order valence-electron chi connectivity index (χ3n) is 5.87. The third kappa shape index (κ3) is 4.93. The summed E-state index contributed by atoms with van der Waals surface area (Å²) >= 11 is 1.23. The molecule has 2 heterocycles. The summed E-state index contributed by atoms with van der Waals surface area (Å²) in [6.45, 7) is 5.98. The Hall–Kier alpha value is -3.79. The van der Waals surface area contributed by atoms with Crippen molar-refractivity contribution in [3.63, 3.8) is 0 Å². The maximum Gasteiger partial charge on any atom is 0.416 e. The molecule has 2 aromatic carbocycles. The minimum Gasteiger partial charge on any atom is -0.507 e. The monoisotopic (exact) mass is 531 g/mol. The van der Waals surface area contributed by atoms with Crippen molar-refractivity contribution in [2.45, 2.75) is 33.0 Å². The first-order valence-electron chi connectivity index (χ1n) is 11.5. The summed E-state index contributed by atoms with van der Waals surface area (Å²) in [5, 5.41) is 13.2. The molecule has 1 saturated heterocycles. The third-order valence-corrected chi connectivity index (χ3v) is 6.94. The standard InChI is InChI=1S/C27H24F3NO5S/c1-4-35-18-9-10-19(20(14-18)36-5-2)23(32)21-22(25-15(3)11-12-37-25)31(26(34)24(21)33)17-8-6-7-16(13-17)27(28,29)30/h6-14,22,32H,4-5H2,1-3H3/b23-21+. The first kappa shape index (κ1) is 26.3. The fourth-order valence-electron chi connectivity index (χ4n) is 4.22. The van der Waals surface area contributed by atoms with Gasteiger partial charge in [-0.15, -0.1) is 11.3 Å². The van der Waals surface area contributed by atoms with Crippen molar-refractivity contribution in [3.8, 4) is 11.5 Å². The van der Waals surface area contributed by atoms with Crippen LogP contribution in [0.3, 0.4) is 0 Å². The lowest BCUT2D eigenvalue weighted by molar-refractivity contribution is -0.137. The smallest absolute Gasteiger partial charge is 0.416 e. The van der Waals surface area contributed by atoms with E-state index in [0.29, 0.717) is 17.2 Å². The topological polar surface area (TPSA) is 76.1 Å². The zero-order valence-corrected chi connectivity index (χ0v) is 21.1. The zero-order valence-electron chi connectivity index (χ0n) is 20.3. The van der Waals surface area contributed by atoms with Crippen LogP contribution < -0.4 is 14.4 Å². The normalized spacial score (nSPS) is 17.4. The number of Topliss-reactive ketones (excluding diaryl/α,β-unsaturated/α-hetero) is 1. The summed E-state index contributed by atoms with van der Waals surface area (Å²) in [4.78, 5) is 28.2. The van der Waals surface area contributed by atoms with Crippen LogP contribution in [0.15, 0.2) is 59.5 Å². The maximum absolute atomic E-state index is 13.5. The second-order valence-electron chi connectivity index (χ2n) is 8.21. The number of halogens is 3. The van der Waals surface area contributed by atoms with Gasteiger partial charge in [0.05, 0.1) is 29.9 Å². The Balaban J connectivity index is 1.94. The summed E-state index contributed by atoms with van der Waals surface area (Å²) in [5.74, 6) is -1.82. The molecule has 0 radical (unpaired) electrons. The average molecular weight is 532 g/mol. The van der Waals surface area contributed by atoms with Gasteiger partial charge >= 0.3 is 6.18 Å². The highest BCUT2D eigenvalue weighted by Crippen LogP contribution is 2.46. The van der Waals surface area contributed by atoms with Crippen LogP contribution in [0.1, 0.15) is 41.5 Å². The number of aliphatic hydroxyl groups is 1. The van der Waals surface area contributed by atoms with Crippen molar-refractivity contribution in [2.24, 2.45) is 0 Å². The number of nitrogens with zero attached hydrogens (tertiary/aromatic N) is 1. The van der Waals surface area contributed by atoms with Crippen LogP contribution in [0.2, 0.25) is 0 Å².